The summed E-state index contributed by atoms with van der Waals surface area (Å²) in [4.78, 5) is 0. The molecule has 110 valence electrons. The molecule has 3 nitrogen and oxygen atoms in total. The van der Waals surface area contributed by atoms with Gasteiger partial charge in [-0.2, -0.15) is 5.10 Å². The summed E-state index contributed by atoms with van der Waals surface area (Å²) in [6, 6.07) is 1.96. The number of aliphatic hydroxyl groups is 1. The molecule has 2 heterocycles. The highest BCUT2D eigenvalue weighted by molar-refractivity contribution is 9.12. The van der Waals surface area contributed by atoms with Gasteiger partial charge in [-0.1, -0.05) is 6.92 Å². The van der Waals surface area contributed by atoms with Crippen LogP contribution in [0.1, 0.15) is 36.9 Å². The standard InChI is InChI=1S/C13H15Br3N2OS/c1-3-8-12(15)9(18(4-2)17-8)6-10(19)7-5-11(14)20-13(7)16/h5,10,19H,3-4,6H2,1-2H3. The van der Waals surface area contributed by atoms with Crippen LogP contribution >= 0.6 is 59.1 Å². The van der Waals surface area contributed by atoms with Crippen LogP contribution in [0.15, 0.2) is 18.1 Å². The molecule has 7 heteroatoms. The van der Waals surface area contributed by atoms with Gasteiger partial charge in [0.25, 0.3) is 0 Å². The van der Waals surface area contributed by atoms with Crippen molar-refractivity contribution in [3.63, 3.8) is 0 Å². The van der Waals surface area contributed by atoms with E-state index in [0.29, 0.717) is 6.42 Å². The van der Waals surface area contributed by atoms with Gasteiger partial charge >= 0.3 is 0 Å². The molecule has 0 bridgehead atoms. The molecule has 1 atom stereocenters. The zero-order valence-electron chi connectivity index (χ0n) is 11.2. The maximum atomic E-state index is 10.5. The van der Waals surface area contributed by atoms with E-state index >= 15 is 0 Å². The van der Waals surface area contributed by atoms with Crippen molar-refractivity contribution in [3.8, 4) is 0 Å². The number of thiophene rings is 1. The van der Waals surface area contributed by atoms with Gasteiger partial charge in [-0.05, 0) is 67.2 Å². The van der Waals surface area contributed by atoms with Gasteiger partial charge in [-0.15, -0.1) is 11.3 Å². The van der Waals surface area contributed by atoms with Gasteiger partial charge < -0.3 is 5.11 Å². The lowest BCUT2D eigenvalue weighted by atomic mass is 10.1. The molecule has 20 heavy (non-hydrogen) atoms. The lowest BCUT2D eigenvalue weighted by Crippen LogP contribution is -2.08. The fourth-order valence-electron chi connectivity index (χ4n) is 2.09. The molecule has 0 aromatic carbocycles. The number of halogens is 3. The molecular weight excluding hydrogens is 472 g/mol. The zero-order valence-corrected chi connectivity index (χ0v) is 16.7. The number of nitrogens with zero attached hydrogens (tertiary/aromatic N) is 2. The molecule has 0 aliphatic heterocycles. The minimum atomic E-state index is -0.546. The Labute approximate surface area is 147 Å². The Morgan fingerprint density at radius 2 is 2.05 bits per heavy atom. The van der Waals surface area contributed by atoms with Gasteiger partial charge in [0.15, 0.2) is 0 Å². The van der Waals surface area contributed by atoms with Crippen molar-refractivity contribution >= 4 is 59.1 Å². The maximum absolute atomic E-state index is 10.5. The molecule has 0 saturated carbocycles. The lowest BCUT2D eigenvalue weighted by Gasteiger charge is -2.11. The van der Waals surface area contributed by atoms with Crippen molar-refractivity contribution in [2.45, 2.75) is 39.3 Å². The number of aromatic nitrogens is 2. The second-order valence-corrected chi connectivity index (χ2v) is 8.92. The van der Waals surface area contributed by atoms with Crippen molar-refractivity contribution in [1.82, 2.24) is 9.78 Å². The van der Waals surface area contributed by atoms with Crippen LogP contribution in [0.5, 0.6) is 0 Å². The SMILES string of the molecule is CCc1nn(CC)c(CC(O)c2cc(Br)sc2Br)c1Br. The molecule has 2 rings (SSSR count). The van der Waals surface area contributed by atoms with E-state index in [1.54, 1.807) is 11.3 Å². The predicted octanol–water partition coefficient (Wildman–Crippen LogP) is 5.09. The number of hydrogen-bond donors (Lipinski definition) is 1. The van der Waals surface area contributed by atoms with E-state index in [1.807, 2.05) is 10.7 Å². The smallest absolute Gasteiger partial charge is 0.0865 e. The average molecular weight is 487 g/mol. The van der Waals surface area contributed by atoms with Gasteiger partial charge in [0.05, 0.1) is 29.5 Å². The molecule has 0 fully saturated rings. The molecule has 2 aromatic rings. The van der Waals surface area contributed by atoms with E-state index in [2.05, 4.69) is 66.7 Å². The summed E-state index contributed by atoms with van der Waals surface area (Å²) < 4.78 is 4.95. The largest absolute Gasteiger partial charge is 0.388 e. The number of rotatable bonds is 5. The molecular formula is C13H15Br3N2OS. The number of aryl methyl sites for hydroxylation is 2. The topological polar surface area (TPSA) is 38.0 Å². The van der Waals surface area contributed by atoms with Crippen LogP contribution in [0, 0.1) is 0 Å². The summed E-state index contributed by atoms with van der Waals surface area (Å²) in [6.45, 7) is 4.95. The van der Waals surface area contributed by atoms with Gasteiger partial charge in [-0.3, -0.25) is 4.68 Å². The van der Waals surface area contributed by atoms with Crippen molar-refractivity contribution < 1.29 is 5.11 Å². The molecule has 0 aliphatic carbocycles. The number of hydrogen-bond acceptors (Lipinski definition) is 3. The molecule has 1 unspecified atom stereocenters. The van der Waals surface area contributed by atoms with E-state index in [4.69, 9.17) is 0 Å². The summed E-state index contributed by atoms with van der Waals surface area (Å²) in [5.74, 6) is 0. The first-order chi connectivity index (χ1) is 9.47. The van der Waals surface area contributed by atoms with Crippen molar-refractivity contribution in [2.24, 2.45) is 0 Å². The normalized spacial score (nSPS) is 12.9. The van der Waals surface area contributed by atoms with Crippen LogP contribution in [0.2, 0.25) is 0 Å². The molecule has 0 radical (unpaired) electrons. The van der Waals surface area contributed by atoms with Crippen LogP contribution in [0.25, 0.3) is 0 Å². The van der Waals surface area contributed by atoms with Crippen LogP contribution in [-0.2, 0) is 19.4 Å². The van der Waals surface area contributed by atoms with Gasteiger partial charge in [0.2, 0.25) is 0 Å². The second kappa shape index (κ2) is 7.05. The Morgan fingerprint density at radius 1 is 1.35 bits per heavy atom. The van der Waals surface area contributed by atoms with E-state index < -0.39 is 6.10 Å². The lowest BCUT2D eigenvalue weighted by molar-refractivity contribution is 0.175. The van der Waals surface area contributed by atoms with E-state index in [1.165, 1.54) is 0 Å². The Kier molecular flexibility index (Phi) is 5.88. The van der Waals surface area contributed by atoms with Crippen molar-refractivity contribution in [3.05, 3.63) is 35.1 Å². The van der Waals surface area contributed by atoms with Crippen LogP contribution < -0.4 is 0 Å². The van der Waals surface area contributed by atoms with E-state index in [0.717, 1.165) is 42.0 Å². The van der Waals surface area contributed by atoms with Crippen molar-refractivity contribution in [1.29, 1.82) is 0 Å². The average Bonchev–Trinajstić information content (AvgIpc) is 2.90. The Hall–Kier alpha value is 0.310. The fourth-order valence-corrected chi connectivity index (χ4v) is 5.77. The predicted molar refractivity (Wildman–Crippen MR) is 93.4 cm³/mol. The fraction of sp³-hybridized carbons (Fsp3) is 0.462. The summed E-state index contributed by atoms with van der Waals surface area (Å²) in [5.41, 5.74) is 3.00. The summed E-state index contributed by atoms with van der Waals surface area (Å²) in [5, 5.41) is 15.0. The first kappa shape index (κ1) is 16.7. The summed E-state index contributed by atoms with van der Waals surface area (Å²) >= 11 is 12.1. The van der Waals surface area contributed by atoms with Gasteiger partial charge in [0.1, 0.15) is 0 Å². The first-order valence-electron chi connectivity index (χ1n) is 6.34. The highest BCUT2D eigenvalue weighted by atomic mass is 79.9. The molecule has 0 saturated heterocycles. The maximum Gasteiger partial charge on any atom is 0.0865 e. The zero-order chi connectivity index (χ0) is 14.9. The highest BCUT2D eigenvalue weighted by Gasteiger charge is 2.21. The minimum absolute atomic E-state index is 0.545. The molecule has 1 N–H and O–H groups in total. The molecule has 2 aromatic heterocycles. The van der Waals surface area contributed by atoms with E-state index in [9.17, 15) is 5.11 Å². The Bertz CT molecular complexity index is 609. The minimum Gasteiger partial charge on any atom is -0.388 e. The van der Waals surface area contributed by atoms with Gasteiger partial charge in [-0.25, -0.2) is 0 Å². The molecule has 0 aliphatic rings. The molecule has 0 spiro atoms. The third-order valence-electron chi connectivity index (χ3n) is 3.12. The third kappa shape index (κ3) is 3.38. The third-order valence-corrected chi connectivity index (χ3v) is 6.42. The summed E-state index contributed by atoms with van der Waals surface area (Å²) in [6.07, 6.45) is 0.878. The molecule has 0 amide bonds. The Morgan fingerprint density at radius 3 is 2.55 bits per heavy atom. The summed E-state index contributed by atoms with van der Waals surface area (Å²) in [7, 11) is 0. The second-order valence-electron chi connectivity index (χ2n) is 4.38. The quantitative estimate of drug-likeness (QED) is 0.639. The van der Waals surface area contributed by atoms with Crippen LogP contribution in [0.3, 0.4) is 0 Å². The van der Waals surface area contributed by atoms with Gasteiger partial charge in [0, 0.05) is 18.5 Å². The number of aliphatic hydroxyl groups excluding tert-OH is 1. The van der Waals surface area contributed by atoms with E-state index in [-0.39, 0.29) is 0 Å². The monoisotopic (exact) mass is 484 g/mol. The van der Waals surface area contributed by atoms with Crippen molar-refractivity contribution in [2.75, 3.05) is 0 Å². The van der Waals surface area contributed by atoms with Crippen LogP contribution in [-0.4, -0.2) is 14.9 Å². The first-order valence-corrected chi connectivity index (χ1v) is 9.54. The van der Waals surface area contributed by atoms with Crippen LogP contribution in [0.4, 0.5) is 0 Å². The highest BCUT2D eigenvalue weighted by Crippen LogP contribution is 2.37. The Balaban J connectivity index is 2.29.